The van der Waals surface area contributed by atoms with Gasteiger partial charge in [0.25, 0.3) is 12.9 Å². The quantitative estimate of drug-likeness (QED) is 0.519. The Labute approximate surface area is 172 Å². The lowest BCUT2D eigenvalue weighted by Crippen LogP contribution is -2.26. The second kappa shape index (κ2) is 8.82. The van der Waals surface area contributed by atoms with Gasteiger partial charge in [0.05, 0.1) is 11.6 Å². The minimum absolute atomic E-state index is 0.0918. The number of benzene rings is 1. The highest BCUT2D eigenvalue weighted by atomic mass is 35.5. The number of carbonyl (C=O) groups is 1. The molecule has 0 fully saturated rings. The fourth-order valence-corrected chi connectivity index (χ4v) is 3.05. The van der Waals surface area contributed by atoms with Gasteiger partial charge in [0.1, 0.15) is 23.2 Å². The molecule has 0 aliphatic rings. The third-order valence-electron chi connectivity index (χ3n) is 4.20. The molecule has 0 bridgehead atoms. The van der Waals surface area contributed by atoms with Crippen LogP contribution in [-0.4, -0.2) is 25.5 Å². The summed E-state index contributed by atoms with van der Waals surface area (Å²) >= 11 is 5.60. The third-order valence-corrected chi connectivity index (χ3v) is 4.58. The summed E-state index contributed by atoms with van der Waals surface area (Å²) in [5.74, 6) is -1.13. The molecule has 2 heterocycles. The van der Waals surface area contributed by atoms with Crippen LogP contribution in [0.2, 0.25) is 5.02 Å². The van der Waals surface area contributed by atoms with Crippen LogP contribution in [-0.2, 0) is 11.3 Å². The molecule has 3 aromatic rings. The lowest BCUT2D eigenvalue weighted by Gasteiger charge is -2.14. The highest BCUT2D eigenvalue weighted by Crippen LogP contribution is 2.36. The largest absolute Gasteiger partial charge is 0.307 e. The van der Waals surface area contributed by atoms with Crippen LogP contribution >= 0.6 is 11.6 Å². The normalized spacial score (nSPS) is 12.6. The van der Waals surface area contributed by atoms with E-state index in [1.165, 1.54) is 36.0 Å². The second-order valence-corrected chi connectivity index (χ2v) is 6.70. The van der Waals surface area contributed by atoms with Gasteiger partial charge in [0.15, 0.2) is 5.82 Å². The van der Waals surface area contributed by atoms with Crippen molar-refractivity contribution in [2.24, 2.45) is 0 Å². The maximum atomic E-state index is 13.3. The number of nitrogens with one attached hydrogen (secondary N) is 1. The van der Waals surface area contributed by atoms with Gasteiger partial charge in [-0.05, 0) is 24.6 Å². The van der Waals surface area contributed by atoms with Crippen LogP contribution in [0.1, 0.15) is 42.8 Å². The highest BCUT2D eigenvalue weighted by molar-refractivity contribution is 6.32. The number of alkyl halides is 4. The Balaban J connectivity index is 1.75. The number of nitrogens with zero attached hydrogens (tertiary/aromatic N) is 4. The van der Waals surface area contributed by atoms with Crippen molar-refractivity contribution < 1.29 is 26.7 Å². The summed E-state index contributed by atoms with van der Waals surface area (Å²) in [6.45, 7) is 1.44. The fraction of sp³-hybridized carbons (Fsp3) is 0.278. The van der Waals surface area contributed by atoms with Gasteiger partial charge in [-0.2, -0.15) is 10.2 Å². The minimum atomic E-state index is -3.21. The summed E-state index contributed by atoms with van der Waals surface area (Å²) in [5, 5.41) is 9.02. The average Bonchev–Trinajstić information content (AvgIpc) is 3.25. The molecule has 30 heavy (non-hydrogen) atoms. The van der Waals surface area contributed by atoms with Crippen LogP contribution in [0.5, 0.6) is 0 Å². The molecule has 0 aliphatic heterocycles. The zero-order chi connectivity index (χ0) is 22.0. The second-order valence-electron chi connectivity index (χ2n) is 6.32. The van der Waals surface area contributed by atoms with Crippen molar-refractivity contribution in [1.29, 1.82) is 0 Å². The molecule has 2 aromatic heterocycles. The van der Waals surface area contributed by atoms with Gasteiger partial charge in [-0.3, -0.25) is 9.48 Å². The van der Waals surface area contributed by atoms with Gasteiger partial charge >= 0.3 is 0 Å². The lowest BCUT2D eigenvalue weighted by molar-refractivity contribution is -0.119. The maximum absolute atomic E-state index is 13.3. The van der Waals surface area contributed by atoms with E-state index in [-0.39, 0.29) is 12.4 Å². The summed E-state index contributed by atoms with van der Waals surface area (Å²) in [4.78, 5) is 12.4. The van der Waals surface area contributed by atoms with Gasteiger partial charge in [0, 0.05) is 12.3 Å². The molecule has 12 heteroatoms. The Bertz CT molecular complexity index is 1050. The average molecular weight is 448 g/mol. The Morgan fingerprint density at radius 3 is 2.53 bits per heavy atom. The predicted octanol–water partition coefficient (Wildman–Crippen LogP) is 5.00. The zero-order valence-corrected chi connectivity index (χ0v) is 16.1. The zero-order valence-electron chi connectivity index (χ0n) is 15.4. The van der Waals surface area contributed by atoms with Gasteiger partial charge in [0.2, 0.25) is 5.91 Å². The van der Waals surface area contributed by atoms with Crippen LogP contribution in [0.25, 0.3) is 0 Å². The van der Waals surface area contributed by atoms with Crippen molar-refractivity contribution in [3.63, 3.8) is 0 Å². The molecule has 6 nitrogen and oxygen atoms in total. The van der Waals surface area contributed by atoms with Crippen molar-refractivity contribution in [1.82, 2.24) is 19.6 Å². The Morgan fingerprint density at radius 1 is 1.17 bits per heavy atom. The standard InChI is InChI=1S/C18H15ClF5N5O/c1-9(29-15(17(23)24)13(19)14(27-29)16(21)22)18(30)25-12-5-6-28(26-12)8-10-3-2-4-11(20)7-10/h2-7,9,16-17H,8H2,1H3,(H,25,26,30). The molecule has 0 radical (unpaired) electrons. The van der Waals surface area contributed by atoms with Crippen LogP contribution in [0.3, 0.4) is 0 Å². The summed E-state index contributed by atoms with van der Waals surface area (Å²) in [6, 6.07) is 5.94. The van der Waals surface area contributed by atoms with Crippen LogP contribution in [0.15, 0.2) is 36.5 Å². The predicted molar refractivity (Wildman–Crippen MR) is 98.2 cm³/mol. The van der Waals surface area contributed by atoms with E-state index in [9.17, 15) is 26.7 Å². The van der Waals surface area contributed by atoms with E-state index < -0.39 is 47.0 Å². The van der Waals surface area contributed by atoms with E-state index in [4.69, 9.17) is 11.6 Å². The van der Waals surface area contributed by atoms with Gasteiger partial charge in [-0.1, -0.05) is 23.7 Å². The van der Waals surface area contributed by atoms with E-state index in [2.05, 4.69) is 15.5 Å². The van der Waals surface area contributed by atoms with Crippen molar-refractivity contribution in [3.05, 3.63) is 64.3 Å². The van der Waals surface area contributed by atoms with Gasteiger partial charge in [-0.15, -0.1) is 0 Å². The number of rotatable bonds is 7. The summed E-state index contributed by atoms with van der Waals surface area (Å²) in [7, 11) is 0. The van der Waals surface area contributed by atoms with E-state index in [0.29, 0.717) is 10.2 Å². The number of amides is 1. The van der Waals surface area contributed by atoms with E-state index in [0.717, 1.165) is 0 Å². The smallest absolute Gasteiger partial charge is 0.283 e. The first-order chi connectivity index (χ1) is 14.2. The number of hydrogen-bond acceptors (Lipinski definition) is 3. The van der Waals surface area contributed by atoms with Crippen LogP contribution < -0.4 is 5.32 Å². The van der Waals surface area contributed by atoms with Gasteiger partial charge in [-0.25, -0.2) is 26.6 Å². The Hall–Kier alpha value is -2.95. The Kier molecular flexibility index (Phi) is 6.40. The SMILES string of the molecule is CC(C(=O)Nc1ccn(Cc2cccc(F)c2)n1)n1nc(C(F)F)c(Cl)c1C(F)F. The molecule has 1 N–H and O–H groups in total. The molecular weight excluding hydrogens is 433 g/mol. The van der Waals surface area contributed by atoms with Crippen LogP contribution in [0, 0.1) is 5.82 Å². The minimum Gasteiger partial charge on any atom is -0.307 e. The lowest BCUT2D eigenvalue weighted by atomic mass is 10.2. The topological polar surface area (TPSA) is 64.7 Å². The van der Waals surface area contributed by atoms with E-state index >= 15 is 0 Å². The summed E-state index contributed by atoms with van der Waals surface area (Å²) < 4.78 is 67.7. The number of halogens is 6. The number of anilines is 1. The first-order valence-corrected chi connectivity index (χ1v) is 8.98. The molecule has 3 rings (SSSR count). The molecule has 0 aliphatic carbocycles. The molecule has 1 unspecified atom stereocenters. The maximum Gasteiger partial charge on any atom is 0.283 e. The van der Waals surface area contributed by atoms with Gasteiger partial charge < -0.3 is 5.32 Å². The molecule has 1 aromatic carbocycles. The molecule has 0 spiro atoms. The summed E-state index contributed by atoms with van der Waals surface area (Å²) in [5.41, 5.74) is -1.35. The van der Waals surface area contributed by atoms with E-state index in [1.54, 1.807) is 12.1 Å². The third kappa shape index (κ3) is 4.61. The molecule has 1 atom stereocenters. The fourth-order valence-electron chi connectivity index (χ4n) is 2.76. The van der Waals surface area contributed by atoms with Crippen molar-refractivity contribution in [2.75, 3.05) is 5.32 Å². The monoisotopic (exact) mass is 447 g/mol. The molecule has 160 valence electrons. The molecule has 1 amide bonds. The highest BCUT2D eigenvalue weighted by Gasteiger charge is 2.32. The number of carbonyl (C=O) groups excluding carboxylic acids is 1. The van der Waals surface area contributed by atoms with Crippen molar-refractivity contribution in [3.8, 4) is 0 Å². The first-order valence-electron chi connectivity index (χ1n) is 8.60. The Morgan fingerprint density at radius 2 is 1.90 bits per heavy atom. The van der Waals surface area contributed by atoms with Crippen molar-refractivity contribution >= 4 is 23.3 Å². The first kappa shape index (κ1) is 21.8. The molecular formula is C18H15ClF5N5O. The molecule has 0 saturated carbocycles. The van der Waals surface area contributed by atoms with Crippen molar-refractivity contribution in [2.45, 2.75) is 32.4 Å². The number of hydrogen-bond donors (Lipinski definition) is 1. The van der Waals surface area contributed by atoms with E-state index in [1.807, 2.05) is 0 Å². The molecule has 0 saturated heterocycles. The summed E-state index contributed by atoms with van der Waals surface area (Å²) in [6.07, 6.45) is -4.86. The number of aromatic nitrogens is 4. The van der Waals surface area contributed by atoms with Crippen LogP contribution in [0.4, 0.5) is 27.8 Å².